The third-order valence-corrected chi connectivity index (χ3v) is 4.76. The molecule has 1 aromatic carbocycles. The molecule has 0 amide bonds. The van der Waals surface area contributed by atoms with Gasteiger partial charge in [-0.2, -0.15) is 0 Å². The van der Waals surface area contributed by atoms with Crippen LogP contribution in [0.15, 0.2) is 24.3 Å². The van der Waals surface area contributed by atoms with E-state index < -0.39 is 5.97 Å². The van der Waals surface area contributed by atoms with E-state index in [0.29, 0.717) is 28.5 Å². The first-order valence-corrected chi connectivity index (χ1v) is 8.84. The van der Waals surface area contributed by atoms with Crippen LogP contribution in [0, 0.1) is 6.92 Å². The summed E-state index contributed by atoms with van der Waals surface area (Å²) in [7, 11) is 4.60. The highest BCUT2D eigenvalue weighted by Gasteiger charge is 2.15. The van der Waals surface area contributed by atoms with Crippen LogP contribution in [0.25, 0.3) is 0 Å². The number of hydrogen-bond donors (Lipinski definition) is 0. The predicted molar refractivity (Wildman–Crippen MR) is 98.8 cm³/mol. The van der Waals surface area contributed by atoms with Gasteiger partial charge in [0.25, 0.3) is 0 Å². The minimum absolute atomic E-state index is 0.148. The Labute approximate surface area is 156 Å². The van der Waals surface area contributed by atoms with E-state index in [1.807, 2.05) is 13.0 Å². The maximum atomic E-state index is 12.0. The standard InChI is InChI=1S/C19H22O6S/c1-12-5-7-17(26-12)14(20)11-25-18(21)8-6-13-9-15(22-2)19(24-4)16(10-13)23-3/h5,7,9-10H,6,8,11H2,1-4H3. The van der Waals surface area contributed by atoms with Crippen molar-refractivity contribution in [3.8, 4) is 17.2 Å². The van der Waals surface area contributed by atoms with Crippen molar-refractivity contribution >= 4 is 23.1 Å². The number of ketones is 1. The number of aryl methyl sites for hydroxylation is 2. The first-order chi connectivity index (χ1) is 12.5. The molecule has 6 nitrogen and oxygen atoms in total. The molecule has 0 N–H and O–H groups in total. The molecule has 0 spiro atoms. The Morgan fingerprint density at radius 2 is 1.65 bits per heavy atom. The van der Waals surface area contributed by atoms with Gasteiger partial charge in [-0.15, -0.1) is 11.3 Å². The Morgan fingerprint density at radius 1 is 1.00 bits per heavy atom. The normalized spacial score (nSPS) is 10.3. The first kappa shape index (κ1) is 19.8. The Morgan fingerprint density at radius 3 is 2.15 bits per heavy atom. The van der Waals surface area contributed by atoms with Gasteiger partial charge < -0.3 is 18.9 Å². The summed E-state index contributed by atoms with van der Waals surface area (Å²) in [6.07, 6.45) is 0.581. The monoisotopic (exact) mass is 378 g/mol. The number of thiophene rings is 1. The van der Waals surface area contributed by atoms with Gasteiger partial charge in [0.05, 0.1) is 26.2 Å². The van der Waals surface area contributed by atoms with Gasteiger partial charge in [0.15, 0.2) is 18.1 Å². The molecule has 0 aliphatic rings. The van der Waals surface area contributed by atoms with E-state index in [0.717, 1.165) is 10.4 Å². The summed E-state index contributed by atoms with van der Waals surface area (Å²) in [5.41, 5.74) is 0.844. The van der Waals surface area contributed by atoms with Crippen LogP contribution >= 0.6 is 11.3 Å². The van der Waals surface area contributed by atoms with Crippen LogP contribution < -0.4 is 14.2 Å². The van der Waals surface area contributed by atoms with E-state index in [4.69, 9.17) is 18.9 Å². The maximum Gasteiger partial charge on any atom is 0.306 e. The van der Waals surface area contributed by atoms with Gasteiger partial charge in [0.1, 0.15) is 0 Å². The lowest BCUT2D eigenvalue weighted by Crippen LogP contribution is -2.13. The lowest BCUT2D eigenvalue weighted by atomic mass is 10.1. The largest absolute Gasteiger partial charge is 0.493 e. The van der Waals surface area contributed by atoms with Crippen molar-refractivity contribution in [1.29, 1.82) is 0 Å². The summed E-state index contributed by atoms with van der Waals surface area (Å²) in [6.45, 7) is 1.68. The van der Waals surface area contributed by atoms with E-state index >= 15 is 0 Å². The molecule has 26 heavy (non-hydrogen) atoms. The van der Waals surface area contributed by atoms with Crippen molar-refractivity contribution in [2.24, 2.45) is 0 Å². The topological polar surface area (TPSA) is 71.1 Å². The molecule has 0 saturated carbocycles. The molecule has 1 heterocycles. The molecule has 0 unspecified atom stereocenters. The molecule has 0 atom stereocenters. The number of rotatable bonds is 9. The lowest BCUT2D eigenvalue weighted by Gasteiger charge is -2.14. The van der Waals surface area contributed by atoms with Crippen LogP contribution in [-0.4, -0.2) is 39.7 Å². The average molecular weight is 378 g/mol. The molecule has 2 aromatic rings. The summed E-state index contributed by atoms with van der Waals surface area (Å²) in [4.78, 5) is 25.5. The average Bonchev–Trinajstić information content (AvgIpc) is 3.09. The number of Topliss-reactive ketones (excluding diaryl/α,β-unsaturated/α-hetero) is 1. The van der Waals surface area contributed by atoms with E-state index in [1.165, 1.54) is 32.7 Å². The molecular weight excluding hydrogens is 356 g/mol. The quantitative estimate of drug-likeness (QED) is 0.492. The highest BCUT2D eigenvalue weighted by molar-refractivity contribution is 7.14. The Hall–Kier alpha value is -2.54. The SMILES string of the molecule is COc1cc(CCC(=O)OCC(=O)c2ccc(C)s2)cc(OC)c1OC. The molecular formula is C19H22O6S. The minimum atomic E-state index is -0.430. The zero-order chi connectivity index (χ0) is 19.1. The van der Waals surface area contributed by atoms with E-state index in [1.54, 1.807) is 18.2 Å². The van der Waals surface area contributed by atoms with Gasteiger partial charge in [-0.1, -0.05) is 0 Å². The second kappa shape index (κ2) is 9.24. The molecule has 0 saturated heterocycles. The fourth-order valence-electron chi connectivity index (χ4n) is 2.40. The number of carbonyl (C=O) groups is 2. The Balaban J connectivity index is 1.91. The zero-order valence-corrected chi connectivity index (χ0v) is 16.1. The van der Waals surface area contributed by atoms with Gasteiger partial charge >= 0.3 is 5.97 Å². The zero-order valence-electron chi connectivity index (χ0n) is 15.3. The number of methoxy groups -OCH3 is 3. The number of carbonyl (C=O) groups excluding carboxylic acids is 2. The number of esters is 1. The van der Waals surface area contributed by atoms with Crippen molar-refractivity contribution in [3.05, 3.63) is 39.6 Å². The van der Waals surface area contributed by atoms with Gasteiger partial charge in [-0.25, -0.2) is 0 Å². The van der Waals surface area contributed by atoms with Crippen LogP contribution in [-0.2, 0) is 16.0 Å². The van der Waals surface area contributed by atoms with E-state index in [2.05, 4.69) is 0 Å². The van der Waals surface area contributed by atoms with Gasteiger partial charge in [0.2, 0.25) is 11.5 Å². The van der Waals surface area contributed by atoms with Crippen LogP contribution in [0.1, 0.15) is 26.5 Å². The molecule has 2 rings (SSSR count). The van der Waals surface area contributed by atoms with Gasteiger partial charge in [-0.3, -0.25) is 9.59 Å². The van der Waals surface area contributed by atoms with Crippen LogP contribution in [0.3, 0.4) is 0 Å². The molecule has 1 aromatic heterocycles. The van der Waals surface area contributed by atoms with Crippen LogP contribution in [0.4, 0.5) is 0 Å². The third-order valence-electron chi connectivity index (χ3n) is 3.72. The highest BCUT2D eigenvalue weighted by atomic mass is 32.1. The van der Waals surface area contributed by atoms with Gasteiger partial charge in [0, 0.05) is 11.3 Å². The summed E-state index contributed by atoms with van der Waals surface area (Å²) >= 11 is 1.39. The number of ether oxygens (including phenoxy) is 4. The first-order valence-electron chi connectivity index (χ1n) is 8.02. The smallest absolute Gasteiger partial charge is 0.306 e. The molecule has 140 valence electrons. The minimum Gasteiger partial charge on any atom is -0.493 e. The second-order valence-corrected chi connectivity index (χ2v) is 6.82. The van der Waals surface area contributed by atoms with Crippen LogP contribution in [0.2, 0.25) is 0 Å². The summed E-state index contributed by atoms with van der Waals surface area (Å²) < 4.78 is 20.9. The fraction of sp³-hybridized carbons (Fsp3) is 0.368. The lowest BCUT2D eigenvalue weighted by molar-refractivity contribution is -0.142. The van der Waals surface area contributed by atoms with Crippen molar-refractivity contribution < 1.29 is 28.5 Å². The van der Waals surface area contributed by atoms with Gasteiger partial charge in [-0.05, 0) is 43.2 Å². The predicted octanol–water partition coefficient (Wildman–Crippen LogP) is 3.44. The molecule has 0 radical (unpaired) electrons. The van der Waals surface area contributed by atoms with E-state index in [-0.39, 0.29) is 18.8 Å². The molecule has 0 fully saturated rings. The van der Waals surface area contributed by atoms with Crippen LogP contribution in [0.5, 0.6) is 17.2 Å². The summed E-state index contributed by atoms with van der Waals surface area (Å²) in [6, 6.07) is 7.18. The van der Waals surface area contributed by atoms with Crippen molar-refractivity contribution in [1.82, 2.24) is 0 Å². The summed E-state index contributed by atoms with van der Waals surface area (Å²) in [5.74, 6) is 0.930. The highest BCUT2D eigenvalue weighted by Crippen LogP contribution is 2.38. The van der Waals surface area contributed by atoms with Crippen molar-refractivity contribution in [2.75, 3.05) is 27.9 Å². The third kappa shape index (κ3) is 4.98. The van der Waals surface area contributed by atoms with Crippen molar-refractivity contribution in [3.63, 3.8) is 0 Å². The van der Waals surface area contributed by atoms with Crippen molar-refractivity contribution in [2.45, 2.75) is 19.8 Å². The summed E-state index contributed by atoms with van der Waals surface area (Å²) in [5, 5.41) is 0. The van der Waals surface area contributed by atoms with E-state index in [9.17, 15) is 9.59 Å². The molecule has 0 aliphatic carbocycles. The second-order valence-electron chi connectivity index (χ2n) is 5.53. The Bertz CT molecular complexity index is 755. The number of hydrogen-bond acceptors (Lipinski definition) is 7. The Kier molecular flexibility index (Phi) is 7.03. The number of benzene rings is 1. The molecule has 7 heteroatoms. The molecule has 0 aliphatic heterocycles. The fourth-order valence-corrected chi connectivity index (χ4v) is 3.19. The molecule has 0 bridgehead atoms. The maximum absolute atomic E-state index is 12.0.